The van der Waals surface area contributed by atoms with Gasteiger partial charge in [0.05, 0.1) is 11.0 Å². The van der Waals surface area contributed by atoms with Gasteiger partial charge in [-0.3, -0.25) is 15.0 Å². The molecule has 1 fully saturated rings. The van der Waals surface area contributed by atoms with Crippen LogP contribution in [0.15, 0.2) is 54.6 Å². The molecule has 2 aromatic rings. The molecule has 1 aliphatic heterocycles. The minimum atomic E-state index is -0.468. The number of benzene rings is 2. The summed E-state index contributed by atoms with van der Waals surface area (Å²) in [7, 11) is 0. The number of hydrogen-bond acceptors (Lipinski definition) is 4. The minimum Gasteiger partial charge on any atom is -0.336 e. The van der Waals surface area contributed by atoms with Crippen molar-refractivity contribution in [2.75, 3.05) is 25.0 Å². The van der Waals surface area contributed by atoms with E-state index in [4.69, 9.17) is 0 Å². The standard InChI is InChI=1S/C19H22N4O3/c24-19(21-16-8-10-17(11-9-16)23(25)26)20-14-18(22-12-4-5-13-22)15-6-2-1-3-7-15/h1-3,6-11,18H,4-5,12-14H2,(H2,20,21,24). The number of anilines is 1. The van der Waals surface area contributed by atoms with Crippen molar-refractivity contribution in [3.63, 3.8) is 0 Å². The Bertz CT molecular complexity index is 743. The quantitative estimate of drug-likeness (QED) is 0.613. The van der Waals surface area contributed by atoms with Gasteiger partial charge < -0.3 is 10.6 Å². The summed E-state index contributed by atoms with van der Waals surface area (Å²) < 4.78 is 0. The number of nitro benzene ring substituents is 1. The van der Waals surface area contributed by atoms with E-state index in [0.717, 1.165) is 13.1 Å². The molecule has 2 amide bonds. The van der Waals surface area contributed by atoms with Gasteiger partial charge in [0.1, 0.15) is 0 Å². The third-order valence-electron chi connectivity index (χ3n) is 4.56. The molecular formula is C19H22N4O3. The van der Waals surface area contributed by atoms with Crippen molar-refractivity contribution in [3.05, 3.63) is 70.3 Å². The lowest BCUT2D eigenvalue weighted by Gasteiger charge is -2.28. The van der Waals surface area contributed by atoms with Crippen LogP contribution < -0.4 is 10.6 Å². The Kier molecular flexibility index (Phi) is 5.80. The van der Waals surface area contributed by atoms with Crippen LogP contribution in [0.1, 0.15) is 24.4 Å². The Morgan fingerprint density at radius 2 is 1.73 bits per heavy atom. The van der Waals surface area contributed by atoms with Gasteiger partial charge in [0.15, 0.2) is 0 Å². The molecule has 1 unspecified atom stereocenters. The molecule has 3 rings (SSSR count). The maximum Gasteiger partial charge on any atom is 0.319 e. The van der Waals surface area contributed by atoms with Crippen molar-refractivity contribution in [3.8, 4) is 0 Å². The van der Waals surface area contributed by atoms with Gasteiger partial charge in [0.2, 0.25) is 0 Å². The Morgan fingerprint density at radius 3 is 2.35 bits per heavy atom. The normalized spacial score (nSPS) is 15.4. The Hall–Kier alpha value is -2.93. The molecule has 1 saturated heterocycles. The third-order valence-corrected chi connectivity index (χ3v) is 4.56. The van der Waals surface area contributed by atoms with Crippen molar-refractivity contribution in [1.82, 2.24) is 10.2 Å². The molecule has 2 N–H and O–H groups in total. The highest BCUT2D eigenvalue weighted by Crippen LogP contribution is 2.24. The van der Waals surface area contributed by atoms with E-state index >= 15 is 0 Å². The van der Waals surface area contributed by atoms with E-state index in [1.807, 2.05) is 18.2 Å². The molecule has 1 aliphatic rings. The number of nitrogens with zero attached hydrogens (tertiary/aromatic N) is 2. The van der Waals surface area contributed by atoms with Crippen LogP contribution in [0.4, 0.5) is 16.2 Å². The van der Waals surface area contributed by atoms with Crippen LogP contribution in [0, 0.1) is 10.1 Å². The van der Waals surface area contributed by atoms with E-state index < -0.39 is 4.92 Å². The Labute approximate surface area is 152 Å². The number of nitro groups is 1. The molecule has 7 heteroatoms. The van der Waals surface area contributed by atoms with Crippen molar-refractivity contribution in [1.29, 1.82) is 0 Å². The van der Waals surface area contributed by atoms with Crippen LogP contribution in [-0.2, 0) is 0 Å². The zero-order chi connectivity index (χ0) is 18.4. The second-order valence-corrected chi connectivity index (χ2v) is 6.31. The molecule has 1 heterocycles. The minimum absolute atomic E-state index is 0.00543. The van der Waals surface area contributed by atoms with Crippen molar-refractivity contribution < 1.29 is 9.72 Å². The van der Waals surface area contributed by atoms with Crippen LogP contribution in [0.3, 0.4) is 0 Å². The highest BCUT2D eigenvalue weighted by atomic mass is 16.6. The molecule has 0 aromatic heterocycles. The predicted molar refractivity (Wildman–Crippen MR) is 100 cm³/mol. The summed E-state index contributed by atoms with van der Waals surface area (Å²) in [5, 5.41) is 16.3. The van der Waals surface area contributed by atoms with Gasteiger partial charge in [-0.1, -0.05) is 30.3 Å². The number of amides is 2. The summed E-state index contributed by atoms with van der Waals surface area (Å²) in [6.45, 7) is 2.57. The van der Waals surface area contributed by atoms with Gasteiger partial charge in [-0.25, -0.2) is 4.79 Å². The average Bonchev–Trinajstić information content (AvgIpc) is 3.17. The van der Waals surface area contributed by atoms with Gasteiger partial charge in [-0.15, -0.1) is 0 Å². The summed E-state index contributed by atoms with van der Waals surface area (Å²) in [4.78, 5) is 24.8. The molecule has 0 saturated carbocycles. The van der Waals surface area contributed by atoms with Crippen molar-refractivity contribution in [2.45, 2.75) is 18.9 Å². The maximum atomic E-state index is 12.2. The van der Waals surface area contributed by atoms with E-state index in [2.05, 4.69) is 27.7 Å². The van der Waals surface area contributed by atoms with E-state index in [9.17, 15) is 14.9 Å². The fourth-order valence-electron chi connectivity index (χ4n) is 3.22. The number of non-ortho nitro benzene ring substituents is 1. The number of hydrogen-bond donors (Lipinski definition) is 2. The lowest BCUT2D eigenvalue weighted by Crippen LogP contribution is -2.38. The van der Waals surface area contributed by atoms with Gasteiger partial charge in [0.25, 0.3) is 5.69 Å². The molecule has 0 spiro atoms. The molecule has 0 aliphatic carbocycles. The van der Waals surface area contributed by atoms with Crippen LogP contribution in [-0.4, -0.2) is 35.5 Å². The molecule has 7 nitrogen and oxygen atoms in total. The summed E-state index contributed by atoms with van der Waals surface area (Å²) in [5.41, 5.74) is 1.70. The SMILES string of the molecule is O=C(NCC(c1ccccc1)N1CCCC1)Nc1ccc([N+](=O)[O-])cc1. The molecule has 136 valence electrons. The molecule has 0 radical (unpaired) electrons. The third kappa shape index (κ3) is 4.58. The number of carbonyl (C=O) groups excluding carboxylic acids is 1. The number of urea groups is 1. The van der Waals surface area contributed by atoms with Crippen LogP contribution in [0.5, 0.6) is 0 Å². The highest BCUT2D eigenvalue weighted by Gasteiger charge is 2.23. The van der Waals surface area contributed by atoms with Crippen molar-refractivity contribution >= 4 is 17.4 Å². The van der Waals surface area contributed by atoms with Gasteiger partial charge in [0, 0.05) is 24.4 Å². The lowest BCUT2D eigenvalue weighted by molar-refractivity contribution is -0.384. The van der Waals surface area contributed by atoms with E-state index in [1.165, 1.54) is 42.7 Å². The average molecular weight is 354 g/mol. The van der Waals surface area contributed by atoms with E-state index in [0.29, 0.717) is 12.2 Å². The Morgan fingerprint density at radius 1 is 1.08 bits per heavy atom. The fourth-order valence-corrected chi connectivity index (χ4v) is 3.22. The summed E-state index contributed by atoms with van der Waals surface area (Å²) in [6, 6.07) is 15.8. The molecule has 26 heavy (non-hydrogen) atoms. The first kappa shape index (κ1) is 17.9. The monoisotopic (exact) mass is 354 g/mol. The summed E-state index contributed by atoms with van der Waals surface area (Å²) >= 11 is 0. The highest BCUT2D eigenvalue weighted by molar-refractivity contribution is 5.89. The first-order valence-corrected chi connectivity index (χ1v) is 8.72. The molecular weight excluding hydrogens is 332 g/mol. The molecule has 1 atom stereocenters. The van der Waals surface area contributed by atoms with E-state index in [1.54, 1.807) is 0 Å². The van der Waals surface area contributed by atoms with Crippen LogP contribution in [0.2, 0.25) is 0 Å². The lowest BCUT2D eigenvalue weighted by atomic mass is 10.1. The fraction of sp³-hybridized carbons (Fsp3) is 0.316. The summed E-state index contributed by atoms with van der Waals surface area (Å²) in [6.07, 6.45) is 2.36. The predicted octanol–water partition coefficient (Wildman–Crippen LogP) is 3.55. The second-order valence-electron chi connectivity index (χ2n) is 6.31. The maximum absolute atomic E-state index is 12.2. The number of likely N-dealkylation sites (tertiary alicyclic amines) is 1. The largest absolute Gasteiger partial charge is 0.336 e. The van der Waals surface area contributed by atoms with Crippen molar-refractivity contribution in [2.24, 2.45) is 0 Å². The van der Waals surface area contributed by atoms with Gasteiger partial charge in [-0.2, -0.15) is 0 Å². The topological polar surface area (TPSA) is 87.5 Å². The summed E-state index contributed by atoms with van der Waals surface area (Å²) in [5.74, 6) is 0. The second kappa shape index (κ2) is 8.44. The Balaban J connectivity index is 1.59. The van der Waals surface area contributed by atoms with Crippen LogP contribution >= 0.6 is 0 Å². The van der Waals surface area contributed by atoms with Gasteiger partial charge >= 0.3 is 6.03 Å². The zero-order valence-electron chi connectivity index (χ0n) is 14.4. The number of rotatable bonds is 6. The van der Waals surface area contributed by atoms with E-state index in [-0.39, 0.29) is 17.8 Å². The zero-order valence-corrected chi connectivity index (χ0v) is 14.4. The van der Waals surface area contributed by atoms with Crippen LogP contribution in [0.25, 0.3) is 0 Å². The molecule has 0 bridgehead atoms. The first-order chi connectivity index (χ1) is 12.6. The number of nitrogens with one attached hydrogen (secondary N) is 2. The smallest absolute Gasteiger partial charge is 0.319 e. The first-order valence-electron chi connectivity index (χ1n) is 8.72. The number of carbonyl (C=O) groups is 1. The van der Waals surface area contributed by atoms with Gasteiger partial charge in [-0.05, 0) is 43.6 Å². The molecule has 2 aromatic carbocycles.